The summed E-state index contributed by atoms with van der Waals surface area (Å²) in [6, 6.07) is 8.75. The highest BCUT2D eigenvalue weighted by molar-refractivity contribution is 5.18. The van der Waals surface area contributed by atoms with Gasteiger partial charge in [0.25, 0.3) is 5.91 Å². The Hall–Kier alpha value is -0.900. The molecule has 1 aromatic carbocycles. The van der Waals surface area contributed by atoms with Crippen molar-refractivity contribution in [2.24, 2.45) is 0 Å². The summed E-state index contributed by atoms with van der Waals surface area (Å²) >= 11 is 0. The first-order valence-electron chi connectivity index (χ1n) is 4.92. The van der Waals surface area contributed by atoms with Gasteiger partial charge in [0.15, 0.2) is 0 Å². The summed E-state index contributed by atoms with van der Waals surface area (Å²) in [6.07, 6.45) is 1.95. The molecule has 0 aliphatic rings. The van der Waals surface area contributed by atoms with Crippen molar-refractivity contribution in [1.82, 2.24) is 5.32 Å². The quantitative estimate of drug-likeness (QED) is 0.488. The molecule has 0 saturated carbocycles. The van der Waals surface area contributed by atoms with E-state index in [0.717, 1.165) is 12.8 Å². The summed E-state index contributed by atoms with van der Waals surface area (Å²) in [6.45, 7) is 2.65. The van der Waals surface area contributed by atoms with E-state index in [-0.39, 0.29) is 0 Å². The van der Waals surface area contributed by atoms with Crippen molar-refractivity contribution in [2.75, 3.05) is 6.54 Å². The third-order valence-corrected chi connectivity index (χ3v) is 2.08. The van der Waals surface area contributed by atoms with Gasteiger partial charge in [-0.1, -0.05) is 43.7 Å². The van der Waals surface area contributed by atoms with Crippen LogP contribution in [0.25, 0.3) is 0 Å². The van der Waals surface area contributed by atoms with Gasteiger partial charge in [-0.15, -0.1) is 0 Å². The van der Waals surface area contributed by atoms with Crippen molar-refractivity contribution in [3.05, 3.63) is 35.9 Å². The number of aliphatic hydroxyl groups is 2. The molecule has 0 aliphatic carbocycles. The number of hydrogen-bond donors (Lipinski definition) is 3. The maximum Gasteiger partial charge on any atom is 0.250 e. The van der Waals surface area contributed by atoms with Gasteiger partial charge in [-0.05, 0) is 6.42 Å². The minimum atomic E-state index is -1.91. The van der Waals surface area contributed by atoms with Gasteiger partial charge in [0.1, 0.15) is 0 Å². The first-order valence-corrected chi connectivity index (χ1v) is 4.92. The van der Waals surface area contributed by atoms with Gasteiger partial charge in [0, 0.05) is 12.1 Å². The first kappa shape index (κ1) is 11.2. The van der Waals surface area contributed by atoms with Gasteiger partial charge in [-0.2, -0.15) is 0 Å². The lowest BCUT2D eigenvalue weighted by atomic mass is 10.1. The number of hydrogen-bond acceptors (Lipinski definition) is 3. The van der Waals surface area contributed by atoms with Gasteiger partial charge >= 0.3 is 0 Å². The Bertz CT molecular complexity index is 259. The average molecular weight is 195 g/mol. The summed E-state index contributed by atoms with van der Waals surface area (Å²) in [5.41, 5.74) is 0.469. The molecule has 0 amide bonds. The molecule has 0 unspecified atom stereocenters. The van der Waals surface area contributed by atoms with Crippen LogP contribution in [0.2, 0.25) is 0 Å². The second-order valence-corrected chi connectivity index (χ2v) is 3.32. The fourth-order valence-corrected chi connectivity index (χ4v) is 1.21. The molecule has 1 rings (SSSR count). The van der Waals surface area contributed by atoms with Gasteiger partial charge in [-0.3, -0.25) is 5.32 Å². The molecule has 0 aliphatic heterocycles. The second kappa shape index (κ2) is 5.10. The summed E-state index contributed by atoms with van der Waals surface area (Å²) < 4.78 is 0. The first-order chi connectivity index (χ1) is 6.67. The SMILES string of the molecule is CCCCNC(O)(O)c1ccccc1. The average Bonchev–Trinajstić information content (AvgIpc) is 2.19. The van der Waals surface area contributed by atoms with Crippen LogP contribution in [0, 0.1) is 0 Å². The van der Waals surface area contributed by atoms with Crippen molar-refractivity contribution in [1.29, 1.82) is 0 Å². The van der Waals surface area contributed by atoms with E-state index in [1.54, 1.807) is 24.3 Å². The molecule has 0 fully saturated rings. The minimum absolute atomic E-state index is 0.469. The molecule has 0 radical (unpaired) electrons. The van der Waals surface area contributed by atoms with Crippen LogP contribution < -0.4 is 5.32 Å². The third-order valence-electron chi connectivity index (χ3n) is 2.08. The Morgan fingerprint density at radius 1 is 1.21 bits per heavy atom. The van der Waals surface area contributed by atoms with Crippen LogP contribution in [0.5, 0.6) is 0 Å². The van der Waals surface area contributed by atoms with E-state index in [1.807, 2.05) is 6.07 Å². The van der Waals surface area contributed by atoms with Gasteiger partial charge < -0.3 is 10.2 Å². The predicted molar refractivity (Wildman–Crippen MR) is 55.5 cm³/mol. The molecule has 0 bridgehead atoms. The van der Waals surface area contributed by atoms with E-state index < -0.39 is 5.91 Å². The molecule has 1 aromatic rings. The largest absolute Gasteiger partial charge is 0.350 e. The highest BCUT2D eigenvalue weighted by atomic mass is 16.5. The van der Waals surface area contributed by atoms with Crippen molar-refractivity contribution >= 4 is 0 Å². The van der Waals surface area contributed by atoms with Crippen LogP contribution in [0.3, 0.4) is 0 Å². The van der Waals surface area contributed by atoms with E-state index in [1.165, 1.54) is 0 Å². The molecule has 0 aromatic heterocycles. The van der Waals surface area contributed by atoms with E-state index in [9.17, 15) is 10.2 Å². The van der Waals surface area contributed by atoms with Crippen LogP contribution >= 0.6 is 0 Å². The monoisotopic (exact) mass is 195 g/mol. The van der Waals surface area contributed by atoms with E-state index >= 15 is 0 Å². The molecule has 78 valence electrons. The van der Waals surface area contributed by atoms with Crippen LogP contribution in [0.15, 0.2) is 30.3 Å². The third kappa shape index (κ3) is 3.10. The Morgan fingerprint density at radius 2 is 1.86 bits per heavy atom. The Morgan fingerprint density at radius 3 is 2.43 bits per heavy atom. The lowest BCUT2D eigenvalue weighted by Crippen LogP contribution is -2.42. The van der Waals surface area contributed by atoms with Crippen LogP contribution in [0.4, 0.5) is 0 Å². The van der Waals surface area contributed by atoms with Gasteiger partial charge in [-0.25, -0.2) is 0 Å². The van der Waals surface area contributed by atoms with Crippen molar-refractivity contribution in [3.8, 4) is 0 Å². The molecule has 0 spiro atoms. The van der Waals surface area contributed by atoms with E-state index in [2.05, 4.69) is 12.2 Å². The summed E-state index contributed by atoms with van der Waals surface area (Å²) in [7, 11) is 0. The maximum atomic E-state index is 9.66. The number of nitrogens with one attached hydrogen (secondary N) is 1. The molecule has 0 heterocycles. The summed E-state index contributed by atoms with van der Waals surface area (Å²) in [4.78, 5) is 0. The smallest absolute Gasteiger partial charge is 0.250 e. The number of unbranched alkanes of at least 4 members (excludes halogenated alkanes) is 1. The van der Waals surface area contributed by atoms with Crippen LogP contribution in [-0.2, 0) is 5.91 Å². The number of rotatable bonds is 5. The van der Waals surface area contributed by atoms with Crippen LogP contribution in [0.1, 0.15) is 25.3 Å². The molecular weight excluding hydrogens is 178 g/mol. The lowest BCUT2D eigenvalue weighted by Gasteiger charge is -2.23. The summed E-state index contributed by atoms with van der Waals surface area (Å²) in [5, 5.41) is 22.0. The molecule has 3 heteroatoms. The zero-order valence-electron chi connectivity index (χ0n) is 8.40. The van der Waals surface area contributed by atoms with Crippen molar-refractivity contribution < 1.29 is 10.2 Å². The normalized spacial score (nSPS) is 11.6. The fourth-order valence-electron chi connectivity index (χ4n) is 1.21. The maximum absolute atomic E-state index is 9.66. The highest BCUT2D eigenvalue weighted by Gasteiger charge is 2.23. The number of benzene rings is 1. The standard InChI is InChI=1S/C11H17NO2/c1-2-3-9-12-11(13,14)10-7-5-4-6-8-10/h4-8,12-14H,2-3,9H2,1H3. The Kier molecular flexibility index (Phi) is 4.07. The lowest BCUT2D eigenvalue weighted by molar-refractivity contribution is -0.194. The molecule has 3 N–H and O–H groups in total. The van der Waals surface area contributed by atoms with Gasteiger partial charge in [0.05, 0.1) is 0 Å². The second-order valence-electron chi connectivity index (χ2n) is 3.32. The summed E-state index contributed by atoms with van der Waals surface area (Å²) in [5.74, 6) is -1.91. The fraction of sp³-hybridized carbons (Fsp3) is 0.455. The van der Waals surface area contributed by atoms with Crippen LogP contribution in [-0.4, -0.2) is 16.8 Å². The van der Waals surface area contributed by atoms with Crippen molar-refractivity contribution in [2.45, 2.75) is 25.7 Å². The zero-order chi connectivity index (χ0) is 10.4. The molecular formula is C11H17NO2. The molecule has 0 saturated heterocycles. The molecule has 0 atom stereocenters. The van der Waals surface area contributed by atoms with Gasteiger partial charge in [0.2, 0.25) is 0 Å². The minimum Gasteiger partial charge on any atom is -0.350 e. The Balaban J connectivity index is 2.56. The topological polar surface area (TPSA) is 52.5 Å². The Labute approximate surface area is 84.4 Å². The van der Waals surface area contributed by atoms with E-state index in [4.69, 9.17) is 0 Å². The zero-order valence-corrected chi connectivity index (χ0v) is 8.40. The highest BCUT2D eigenvalue weighted by Crippen LogP contribution is 2.13. The predicted octanol–water partition coefficient (Wildman–Crippen LogP) is 1.17. The molecule has 3 nitrogen and oxygen atoms in total. The van der Waals surface area contributed by atoms with E-state index in [0.29, 0.717) is 12.1 Å². The molecule has 14 heavy (non-hydrogen) atoms. The van der Waals surface area contributed by atoms with Crippen molar-refractivity contribution in [3.63, 3.8) is 0 Å².